The Labute approximate surface area is 110 Å². The van der Waals surface area contributed by atoms with E-state index < -0.39 is 0 Å². The molecule has 5 heteroatoms. The van der Waals surface area contributed by atoms with Crippen LogP contribution in [-0.2, 0) is 4.74 Å². The Morgan fingerprint density at radius 2 is 2.18 bits per heavy atom. The molecule has 1 aliphatic rings. The van der Waals surface area contributed by atoms with Gasteiger partial charge in [0.2, 0.25) is 0 Å². The van der Waals surface area contributed by atoms with Crippen LogP contribution in [0.25, 0.3) is 0 Å². The van der Waals surface area contributed by atoms with Crippen LogP contribution < -0.4 is 5.32 Å². The van der Waals surface area contributed by atoms with Crippen molar-refractivity contribution in [3.05, 3.63) is 0 Å². The molecule has 2 atom stereocenters. The number of hydrogen-bond acceptors (Lipinski definition) is 3. The van der Waals surface area contributed by atoms with E-state index in [1.165, 1.54) is 0 Å². The molecule has 17 heavy (non-hydrogen) atoms. The molecule has 2 unspecified atom stereocenters. The van der Waals surface area contributed by atoms with Gasteiger partial charge in [-0.25, -0.2) is 0 Å². The Kier molecular flexibility index (Phi) is 6.16. The smallest absolute Gasteiger partial charge is 0.168 e. The van der Waals surface area contributed by atoms with E-state index in [2.05, 4.69) is 36.1 Å². The van der Waals surface area contributed by atoms with E-state index in [0.717, 1.165) is 37.8 Å². The number of methoxy groups -OCH3 is 1. The maximum Gasteiger partial charge on any atom is 0.168 e. The molecule has 0 aliphatic carbocycles. The number of likely N-dealkylation sites (tertiary alicyclic amines) is 1. The first-order valence-corrected chi connectivity index (χ1v) is 6.65. The predicted molar refractivity (Wildman–Crippen MR) is 75.3 cm³/mol. The fourth-order valence-corrected chi connectivity index (χ4v) is 2.56. The molecular weight excluding hydrogens is 234 g/mol. The van der Waals surface area contributed by atoms with Gasteiger partial charge in [0.1, 0.15) is 0 Å². The lowest BCUT2D eigenvalue weighted by Gasteiger charge is -2.23. The third-order valence-electron chi connectivity index (χ3n) is 3.32. The summed E-state index contributed by atoms with van der Waals surface area (Å²) in [6, 6.07) is 0.605. The van der Waals surface area contributed by atoms with Gasteiger partial charge < -0.3 is 19.9 Å². The van der Waals surface area contributed by atoms with Gasteiger partial charge in [-0.05, 0) is 38.7 Å². The minimum Gasteiger partial charge on any atom is -0.385 e. The van der Waals surface area contributed by atoms with Gasteiger partial charge >= 0.3 is 0 Å². The highest BCUT2D eigenvalue weighted by molar-refractivity contribution is 7.80. The van der Waals surface area contributed by atoms with Gasteiger partial charge in [0, 0.05) is 39.4 Å². The van der Waals surface area contributed by atoms with E-state index in [0.29, 0.717) is 12.0 Å². The van der Waals surface area contributed by atoms with Gasteiger partial charge in [-0.3, -0.25) is 0 Å². The van der Waals surface area contributed by atoms with E-state index in [-0.39, 0.29) is 0 Å². The van der Waals surface area contributed by atoms with Crippen LogP contribution in [0.3, 0.4) is 0 Å². The van der Waals surface area contributed by atoms with Crippen molar-refractivity contribution < 1.29 is 4.74 Å². The Morgan fingerprint density at radius 1 is 1.47 bits per heavy atom. The van der Waals surface area contributed by atoms with Crippen LogP contribution in [0.1, 0.15) is 13.3 Å². The molecule has 1 heterocycles. The molecule has 0 saturated carbocycles. The summed E-state index contributed by atoms with van der Waals surface area (Å²) in [4.78, 5) is 4.57. The van der Waals surface area contributed by atoms with Gasteiger partial charge in [0.05, 0.1) is 0 Å². The van der Waals surface area contributed by atoms with Gasteiger partial charge in [-0.15, -0.1) is 0 Å². The predicted octanol–water partition coefficient (Wildman–Crippen LogP) is 0.779. The maximum absolute atomic E-state index is 5.41. The first-order valence-electron chi connectivity index (χ1n) is 6.24. The molecule has 0 amide bonds. The summed E-state index contributed by atoms with van der Waals surface area (Å²) >= 11 is 5.41. The van der Waals surface area contributed by atoms with Crippen LogP contribution in [0.2, 0.25) is 0 Å². The summed E-state index contributed by atoms with van der Waals surface area (Å²) in [5.41, 5.74) is 0. The van der Waals surface area contributed by atoms with Crippen molar-refractivity contribution in [2.24, 2.45) is 5.92 Å². The minimum absolute atomic E-state index is 0.605. The molecule has 0 bridgehead atoms. The van der Waals surface area contributed by atoms with E-state index in [9.17, 15) is 0 Å². The fraction of sp³-hybridized carbons (Fsp3) is 0.917. The molecule has 0 aromatic heterocycles. The highest BCUT2D eigenvalue weighted by Gasteiger charge is 2.31. The van der Waals surface area contributed by atoms with Crippen molar-refractivity contribution in [1.82, 2.24) is 15.1 Å². The zero-order chi connectivity index (χ0) is 12.8. The average Bonchev–Trinajstić information content (AvgIpc) is 2.66. The third kappa shape index (κ3) is 4.41. The van der Waals surface area contributed by atoms with Crippen molar-refractivity contribution in [2.75, 3.05) is 47.4 Å². The number of nitrogens with zero attached hydrogens (tertiary/aromatic N) is 2. The van der Waals surface area contributed by atoms with E-state index in [1.54, 1.807) is 7.11 Å². The van der Waals surface area contributed by atoms with Crippen molar-refractivity contribution >= 4 is 17.3 Å². The fourth-order valence-electron chi connectivity index (χ4n) is 2.31. The van der Waals surface area contributed by atoms with Gasteiger partial charge in [-0.2, -0.15) is 0 Å². The van der Waals surface area contributed by atoms with E-state index >= 15 is 0 Å². The standard InChI is InChI=1S/C12H25N3OS/c1-10-8-15(9-11(10)14(2)3)12(17)13-6-5-7-16-4/h10-11H,5-9H2,1-4H3,(H,13,17). The van der Waals surface area contributed by atoms with Crippen LogP contribution in [0.5, 0.6) is 0 Å². The monoisotopic (exact) mass is 259 g/mol. The summed E-state index contributed by atoms with van der Waals surface area (Å²) in [7, 11) is 6.00. The van der Waals surface area contributed by atoms with Crippen molar-refractivity contribution in [2.45, 2.75) is 19.4 Å². The number of hydrogen-bond donors (Lipinski definition) is 1. The number of nitrogens with one attached hydrogen (secondary N) is 1. The summed E-state index contributed by atoms with van der Waals surface area (Å²) < 4.78 is 5.01. The molecule has 1 rings (SSSR count). The number of likely N-dealkylation sites (N-methyl/N-ethyl adjacent to an activating group) is 1. The first kappa shape index (κ1) is 14.7. The van der Waals surface area contributed by atoms with Crippen LogP contribution in [-0.4, -0.2) is 68.4 Å². The third-order valence-corrected chi connectivity index (χ3v) is 3.73. The zero-order valence-corrected chi connectivity index (χ0v) is 12.2. The quantitative estimate of drug-likeness (QED) is 0.582. The normalized spacial score (nSPS) is 24.4. The maximum atomic E-state index is 5.41. The lowest BCUT2D eigenvalue weighted by molar-refractivity contribution is 0.195. The molecule has 4 nitrogen and oxygen atoms in total. The Balaban J connectivity index is 2.29. The van der Waals surface area contributed by atoms with Crippen molar-refractivity contribution in [3.8, 4) is 0 Å². The first-order chi connectivity index (χ1) is 8.06. The largest absolute Gasteiger partial charge is 0.385 e. The second kappa shape index (κ2) is 7.13. The highest BCUT2D eigenvalue weighted by atomic mass is 32.1. The number of thiocarbonyl (C=S) groups is 1. The molecule has 0 aromatic carbocycles. The second-order valence-electron chi connectivity index (χ2n) is 4.99. The Morgan fingerprint density at radius 3 is 2.71 bits per heavy atom. The topological polar surface area (TPSA) is 27.7 Å². The zero-order valence-electron chi connectivity index (χ0n) is 11.4. The van der Waals surface area contributed by atoms with Crippen LogP contribution in [0.4, 0.5) is 0 Å². The van der Waals surface area contributed by atoms with Crippen LogP contribution in [0, 0.1) is 5.92 Å². The Hall–Kier alpha value is -0.390. The summed E-state index contributed by atoms with van der Waals surface area (Å²) in [6.45, 7) is 6.05. The molecule has 1 N–H and O–H groups in total. The molecule has 0 spiro atoms. The molecule has 1 fully saturated rings. The second-order valence-corrected chi connectivity index (χ2v) is 5.38. The molecule has 100 valence electrons. The summed E-state index contributed by atoms with van der Waals surface area (Å²) in [5, 5.41) is 4.18. The van der Waals surface area contributed by atoms with E-state index in [4.69, 9.17) is 17.0 Å². The lowest BCUT2D eigenvalue weighted by Crippen LogP contribution is -2.40. The Bertz CT molecular complexity index is 248. The molecule has 1 saturated heterocycles. The van der Waals surface area contributed by atoms with Gasteiger partial charge in [0.15, 0.2) is 5.11 Å². The molecule has 1 aliphatic heterocycles. The van der Waals surface area contributed by atoms with Gasteiger partial charge in [-0.1, -0.05) is 6.92 Å². The average molecular weight is 259 g/mol. The van der Waals surface area contributed by atoms with Crippen molar-refractivity contribution in [3.63, 3.8) is 0 Å². The summed E-state index contributed by atoms with van der Waals surface area (Å²) in [6.07, 6.45) is 0.997. The van der Waals surface area contributed by atoms with Crippen molar-refractivity contribution in [1.29, 1.82) is 0 Å². The SMILES string of the molecule is COCCCNC(=S)N1CC(C)C(N(C)C)C1. The molecule has 0 aromatic rings. The molecular formula is C12H25N3OS. The minimum atomic E-state index is 0.605. The highest BCUT2D eigenvalue weighted by Crippen LogP contribution is 2.19. The van der Waals surface area contributed by atoms with Crippen LogP contribution in [0.15, 0.2) is 0 Å². The number of ether oxygens (including phenoxy) is 1. The van der Waals surface area contributed by atoms with Crippen LogP contribution >= 0.6 is 12.2 Å². The number of rotatable bonds is 5. The lowest BCUT2D eigenvalue weighted by atomic mass is 10.1. The van der Waals surface area contributed by atoms with Gasteiger partial charge in [0.25, 0.3) is 0 Å². The molecule has 0 radical (unpaired) electrons. The summed E-state index contributed by atoms with van der Waals surface area (Å²) in [5.74, 6) is 0.670. The van der Waals surface area contributed by atoms with E-state index in [1.807, 2.05) is 0 Å².